The summed E-state index contributed by atoms with van der Waals surface area (Å²) in [7, 11) is 0. The van der Waals surface area contributed by atoms with Crippen LogP contribution in [-0.2, 0) is 6.42 Å². The van der Waals surface area contributed by atoms with Crippen molar-refractivity contribution >= 4 is 16.6 Å². The lowest BCUT2D eigenvalue weighted by Gasteiger charge is -2.43. The van der Waals surface area contributed by atoms with Crippen molar-refractivity contribution in [2.24, 2.45) is 0 Å². The smallest absolute Gasteiger partial charge is 0.387 e. The number of benzene rings is 1. The van der Waals surface area contributed by atoms with Crippen LogP contribution < -0.4 is 10.1 Å². The van der Waals surface area contributed by atoms with E-state index in [0.717, 1.165) is 22.2 Å². The molecule has 0 aliphatic carbocycles. The third kappa shape index (κ3) is 5.38. The second-order valence-electron chi connectivity index (χ2n) is 9.73. The number of para-hydroxylation sites is 1. The molecule has 3 aromatic rings. The molecular formula is C26H30F5N5O. The summed E-state index contributed by atoms with van der Waals surface area (Å²) < 4.78 is 70.6. The zero-order chi connectivity index (χ0) is 26.1. The first-order valence-corrected chi connectivity index (χ1v) is 12.5. The standard InChI is InChI=1S/C26H30F5N5O/c1-15-9-19-18-5-2-3-6-20(18)34-23(19)25(36(15)14-22(28)29)24-21(10-17(11-32-24)37-26(30)31)33-16-12-35(13-16)8-4-7-27/h2-3,5-6,10-11,15-16,22,25-26,33-34H,4,7-9,12-14H2,1H3. The number of nitrogens with zero attached hydrogens (tertiary/aromatic N) is 3. The second-order valence-corrected chi connectivity index (χ2v) is 9.73. The van der Waals surface area contributed by atoms with E-state index in [1.165, 1.54) is 12.3 Å². The quantitative estimate of drug-likeness (QED) is 0.357. The predicted molar refractivity (Wildman–Crippen MR) is 131 cm³/mol. The summed E-state index contributed by atoms with van der Waals surface area (Å²) in [6.07, 6.45) is -0.319. The number of hydrogen-bond donors (Lipinski definition) is 2. The maximum atomic E-state index is 13.8. The number of ether oxygens (including phenoxy) is 1. The molecule has 2 aromatic heterocycles. The highest BCUT2D eigenvalue weighted by Gasteiger charge is 2.39. The Bertz CT molecular complexity index is 1220. The Balaban J connectivity index is 1.55. The first kappa shape index (κ1) is 25.7. The van der Waals surface area contributed by atoms with Crippen LogP contribution >= 0.6 is 0 Å². The minimum Gasteiger partial charge on any atom is -0.433 e. The highest BCUT2D eigenvalue weighted by molar-refractivity contribution is 5.85. The topological polar surface area (TPSA) is 56.4 Å². The summed E-state index contributed by atoms with van der Waals surface area (Å²) in [4.78, 5) is 11.7. The predicted octanol–water partition coefficient (Wildman–Crippen LogP) is 5.22. The molecular weight excluding hydrogens is 493 g/mol. The SMILES string of the molecule is CC1Cc2c([nH]c3ccccc23)C(c2ncc(OC(F)F)cc2NC2CN(CCCF)C2)N1CC(F)F. The number of alkyl halides is 5. The average molecular weight is 524 g/mol. The van der Waals surface area contributed by atoms with E-state index in [1.807, 2.05) is 31.2 Å². The molecule has 37 heavy (non-hydrogen) atoms. The van der Waals surface area contributed by atoms with Crippen LogP contribution in [0.1, 0.15) is 36.3 Å². The first-order chi connectivity index (χ1) is 17.8. The maximum absolute atomic E-state index is 13.8. The lowest BCUT2D eigenvalue weighted by molar-refractivity contribution is -0.0500. The second kappa shape index (κ2) is 10.8. The number of anilines is 1. The Morgan fingerprint density at radius 2 is 1.97 bits per heavy atom. The van der Waals surface area contributed by atoms with Gasteiger partial charge in [0.15, 0.2) is 0 Å². The average Bonchev–Trinajstić information content (AvgIpc) is 3.19. The van der Waals surface area contributed by atoms with Crippen LogP contribution in [0.2, 0.25) is 0 Å². The Kier molecular flexibility index (Phi) is 7.52. The molecule has 11 heteroatoms. The fourth-order valence-corrected chi connectivity index (χ4v) is 5.55. The van der Waals surface area contributed by atoms with Crippen molar-refractivity contribution in [3.63, 3.8) is 0 Å². The third-order valence-electron chi connectivity index (χ3n) is 7.17. The van der Waals surface area contributed by atoms with Gasteiger partial charge in [-0.05, 0) is 31.4 Å². The molecule has 1 aromatic carbocycles. The Hall–Kier alpha value is -2.92. The van der Waals surface area contributed by atoms with E-state index in [0.29, 0.717) is 43.9 Å². The van der Waals surface area contributed by atoms with E-state index in [4.69, 9.17) is 0 Å². The Labute approximate surface area is 211 Å². The number of halogens is 5. The minimum atomic E-state index is -3.02. The van der Waals surface area contributed by atoms with Gasteiger partial charge < -0.3 is 15.0 Å². The van der Waals surface area contributed by atoms with Gasteiger partial charge in [-0.2, -0.15) is 8.78 Å². The summed E-state index contributed by atoms with van der Waals surface area (Å²) in [6.45, 7) is -0.0198. The van der Waals surface area contributed by atoms with E-state index in [1.54, 1.807) is 4.90 Å². The van der Waals surface area contributed by atoms with Crippen molar-refractivity contribution in [3.05, 3.63) is 53.5 Å². The summed E-state index contributed by atoms with van der Waals surface area (Å²) in [6, 6.07) is 8.38. The number of nitrogens with one attached hydrogen (secondary N) is 2. The number of hydrogen-bond acceptors (Lipinski definition) is 5. The van der Waals surface area contributed by atoms with Crippen molar-refractivity contribution in [1.82, 2.24) is 19.8 Å². The number of fused-ring (bicyclic) bond motifs is 3. The van der Waals surface area contributed by atoms with E-state index in [-0.39, 0.29) is 24.5 Å². The number of pyridine rings is 1. The molecule has 0 bridgehead atoms. The summed E-state index contributed by atoms with van der Waals surface area (Å²) >= 11 is 0. The fraction of sp³-hybridized carbons (Fsp3) is 0.500. The Morgan fingerprint density at radius 1 is 1.19 bits per heavy atom. The highest BCUT2D eigenvalue weighted by atomic mass is 19.3. The minimum absolute atomic E-state index is 0.0197. The number of likely N-dealkylation sites (tertiary alicyclic amines) is 1. The van der Waals surface area contributed by atoms with Crippen LogP contribution in [0.5, 0.6) is 5.75 Å². The molecule has 2 aliphatic heterocycles. The summed E-state index contributed by atoms with van der Waals surface area (Å²) in [5.41, 5.74) is 3.63. The first-order valence-electron chi connectivity index (χ1n) is 12.5. The van der Waals surface area contributed by atoms with E-state index < -0.39 is 25.6 Å². The molecule has 2 atom stereocenters. The zero-order valence-corrected chi connectivity index (χ0v) is 20.4. The van der Waals surface area contributed by atoms with Crippen LogP contribution in [0, 0.1) is 0 Å². The fourth-order valence-electron chi connectivity index (χ4n) is 5.55. The lowest BCUT2D eigenvalue weighted by atomic mass is 9.90. The molecule has 4 heterocycles. The van der Waals surface area contributed by atoms with Gasteiger partial charge in [0, 0.05) is 48.3 Å². The monoisotopic (exact) mass is 523 g/mol. The van der Waals surface area contributed by atoms with Gasteiger partial charge >= 0.3 is 6.61 Å². The molecule has 1 fully saturated rings. The molecule has 2 aliphatic rings. The van der Waals surface area contributed by atoms with E-state index in [2.05, 4.69) is 24.9 Å². The molecule has 2 N–H and O–H groups in total. The van der Waals surface area contributed by atoms with Gasteiger partial charge in [-0.1, -0.05) is 18.2 Å². The van der Waals surface area contributed by atoms with Crippen LogP contribution in [0.3, 0.4) is 0 Å². The van der Waals surface area contributed by atoms with Crippen LogP contribution in [0.25, 0.3) is 10.9 Å². The zero-order valence-electron chi connectivity index (χ0n) is 20.4. The number of rotatable bonds is 10. The lowest BCUT2D eigenvalue weighted by Crippen LogP contribution is -2.55. The van der Waals surface area contributed by atoms with Gasteiger partial charge in [0.05, 0.1) is 42.9 Å². The van der Waals surface area contributed by atoms with Crippen molar-refractivity contribution < 1.29 is 26.7 Å². The van der Waals surface area contributed by atoms with Crippen molar-refractivity contribution in [2.75, 3.05) is 38.2 Å². The maximum Gasteiger partial charge on any atom is 0.387 e. The van der Waals surface area contributed by atoms with Gasteiger partial charge in [-0.3, -0.25) is 19.2 Å². The van der Waals surface area contributed by atoms with Crippen LogP contribution in [-0.4, -0.2) is 77.7 Å². The van der Waals surface area contributed by atoms with Gasteiger partial charge in [-0.15, -0.1) is 0 Å². The number of aromatic nitrogens is 2. The number of H-pyrrole nitrogens is 1. The van der Waals surface area contributed by atoms with Gasteiger partial charge in [0.2, 0.25) is 0 Å². The molecule has 200 valence electrons. The summed E-state index contributed by atoms with van der Waals surface area (Å²) in [5.74, 6) is -0.115. The molecule has 5 rings (SSSR count). The van der Waals surface area contributed by atoms with Crippen molar-refractivity contribution in [1.29, 1.82) is 0 Å². The van der Waals surface area contributed by atoms with E-state index in [9.17, 15) is 22.0 Å². The third-order valence-corrected chi connectivity index (χ3v) is 7.17. The summed E-state index contributed by atoms with van der Waals surface area (Å²) in [5, 5.41) is 4.40. The van der Waals surface area contributed by atoms with Gasteiger partial charge in [0.25, 0.3) is 6.43 Å². The van der Waals surface area contributed by atoms with Gasteiger partial charge in [-0.25, -0.2) is 8.78 Å². The molecule has 0 amide bonds. The van der Waals surface area contributed by atoms with Crippen molar-refractivity contribution in [3.8, 4) is 5.75 Å². The van der Waals surface area contributed by atoms with Crippen LogP contribution in [0.4, 0.5) is 27.6 Å². The number of aromatic amines is 1. The molecule has 0 radical (unpaired) electrons. The van der Waals surface area contributed by atoms with Crippen LogP contribution in [0.15, 0.2) is 36.5 Å². The highest BCUT2D eigenvalue weighted by Crippen LogP contribution is 2.43. The molecule has 0 saturated carbocycles. The largest absolute Gasteiger partial charge is 0.433 e. The Morgan fingerprint density at radius 3 is 2.70 bits per heavy atom. The molecule has 0 spiro atoms. The van der Waals surface area contributed by atoms with E-state index >= 15 is 0 Å². The molecule has 6 nitrogen and oxygen atoms in total. The molecule has 1 saturated heterocycles. The molecule has 2 unspecified atom stereocenters. The van der Waals surface area contributed by atoms with Crippen molar-refractivity contribution in [2.45, 2.75) is 50.9 Å². The normalized spacial score (nSPS) is 21.0. The van der Waals surface area contributed by atoms with Gasteiger partial charge in [0.1, 0.15) is 5.75 Å².